The van der Waals surface area contributed by atoms with Gasteiger partial charge in [-0.25, -0.2) is 0 Å². The molecule has 2 rings (SSSR count). The van der Waals surface area contributed by atoms with Crippen molar-refractivity contribution >= 4 is 34.9 Å². The number of anilines is 2. The number of hydrogen-bond acceptors (Lipinski definition) is 4. The van der Waals surface area contributed by atoms with Crippen LogP contribution in [0.15, 0.2) is 30.6 Å². The lowest BCUT2D eigenvalue weighted by Gasteiger charge is -2.04. The molecule has 1 aromatic heterocycles. The number of benzene rings is 1. The minimum absolute atomic E-state index is 0.278. The van der Waals surface area contributed by atoms with Crippen LogP contribution < -0.4 is 11.1 Å². The first-order valence-electron chi connectivity index (χ1n) is 5.56. The lowest BCUT2D eigenvalue weighted by molar-refractivity contribution is -0.137. The van der Waals surface area contributed by atoms with E-state index in [0.717, 1.165) is 0 Å². The Labute approximate surface area is 119 Å². The highest BCUT2D eigenvalue weighted by Gasteiger charge is 2.10. The second-order valence-electron chi connectivity index (χ2n) is 4.05. The molecular formula is C12H11ClN4O3. The fourth-order valence-electron chi connectivity index (χ4n) is 1.60. The summed E-state index contributed by atoms with van der Waals surface area (Å²) in [5.41, 5.74) is 6.67. The predicted molar refractivity (Wildman–Crippen MR) is 73.7 cm³/mol. The number of carboxylic acid groups (broad SMARTS) is 1. The summed E-state index contributed by atoms with van der Waals surface area (Å²) in [4.78, 5) is 22.5. The van der Waals surface area contributed by atoms with Crippen LogP contribution in [0, 0.1) is 0 Å². The molecule has 0 bridgehead atoms. The van der Waals surface area contributed by atoms with Crippen LogP contribution in [0.4, 0.5) is 11.4 Å². The van der Waals surface area contributed by atoms with Gasteiger partial charge in [0, 0.05) is 22.5 Å². The summed E-state index contributed by atoms with van der Waals surface area (Å²) in [6.07, 6.45) is 2.77. The summed E-state index contributed by atoms with van der Waals surface area (Å²) in [6, 6.07) is 4.50. The van der Waals surface area contributed by atoms with Gasteiger partial charge in [-0.3, -0.25) is 14.3 Å². The van der Waals surface area contributed by atoms with Gasteiger partial charge in [-0.15, -0.1) is 0 Å². The van der Waals surface area contributed by atoms with Crippen molar-refractivity contribution in [2.45, 2.75) is 6.54 Å². The summed E-state index contributed by atoms with van der Waals surface area (Å²) < 4.78 is 1.20. The molecule has 104 valence electrons. The summed E-state index contributed by atoms with van der Waals surface area (Å²) in [5, 5.41) is 15.4. The largest absolute Gasteiger partial charge is 0.480 e. The van der Waals surface area contributed by atoms with E-state index in [0.29, 0.717) is 22.0 Å². The van der Waals surface area contributed by atoms with Crippen LogP contribution in [0.5, 0.6) is 0 Å². The van der Waals surface area contributed by atoms with Crippen molar-refractivity contribution in [3.63, 3.8) is 0 Å². The van der Waals surface area contributed by atoms with E-state index in [1.807, 2.05) is 0 Å². The van der Waals surface area contributed by atoms with Gasteiger partial charge in [0.1, 0.15) is 6.54 Å². The maximum Gasteiger partial charge on any atom is 0.325 e. The molecule has 7 nitrogen and oxygen atoms in total. The molecule has 20 heavy (non-hydrogen) atoms. The zero-order valence-electron chi connectivity index (χ0n) is 10.2. The molecule has 1 amide bonds. The molecule has 0 saturated heterocycles. The second kappa shape index (κ2) is 5.62. The summed E-state index contributed by atoms with van der Waals surface area (Å²) in [6.45, 7) is -0.278. The Morgan fingerprint density at radius 3 is 2.80 bits per heavy atom. The van der Waals surface area contributed by atoms with E-state index in [4.69, 9.17) is 22.4 Å². The molecule has 4 N–H and O–H groups in total. The molecule has 2 aromatic rings. The highest BCUT2D eigenvalue weighted by molar-refractivity contribution is 6.31. The summed E-state index contributed by atoms with van der Waals surface area (Å²) in [7, 11) is 0. The second-order valence-corrected chi connectivity index (χ2v) is 4.48. The molecule has 0 aliphatic rings. The van der Waals surface area contributed by atoms with Crippen LogP contribution in [-0.2, 0) is 11.3 Å². The summed E-state index contributed by atoms with van der Waals surface area (Å²) in [5.74, 6) is -1.43. The smallest absolute Gasteiger partial charge is 0.325 e. The molecule has 8 heteroatoms. The molecule has 0 atom stereocenters. The van der Waals surface area contributed by atoms with Gasteiger partial charge in [0.15, 0.2) is 0 Å². The zero-order valence-corrected chi connectivity index (χ0v) is 11.0. The third-order valence-corrected chi connectivity index (χ3v) is 2.59. The molecular weight excluding hydrogens is 284 g/mol. The van der Waals surface area contributed by atoms with Gasteiger partial charge in [0.2, 0.25) is 0 Å². The Morgan fingerprint density at radius 1 is 1.40 bits per heavy atom. The van der Waals surface area contributed by atoms with Gasteiger partial charge in [-0.05, 0) is 18.2 Å². The number of nitrogens with one attached hydrogen (secondary N) is 1. The van der Waals surface area contributed by atoms with E-state index in [2.05, 4.69) is 10.4 Å². The van der Waals surface area contributed by atoms with E-state index < -0.39 is 11.9 Å². The molecule has 0 aliphatic heterocycles. The monoisotopic (exact) mass is 294 g/mol. The first kappa shape index (κ1) is 13.9. The Kier molecular flexibility index (Phi) is 3.90. The van der Waals surface area contributed by atoms with Gasteiger partial charge in [-0.1, -0.05) is 11.6 Å². The molecule has 1 heterocycles. The fraction of sp³-hybridized carbons (Fsp3) is 0.0833. The van der Waals surface area contributed by atoms with Crippen molar-refractivity contribution in [1.29, 1.82) is 0 Å². The third-order valence-electron chi connectivity index (χ3n) is 2.37. The van der Waals surface area contributed by atoms with E-state index in [1.54, 1.807) is 0 Å². The molecule has 0 aliphatic carbocycles. The Balaban J connectivity index is 2.11. The predicted octanol–water partition coefficient (Wildman–Crippen LogP) is 1.46. The molecule has 0 spiro atoms. The van der Waals surface area contributed by atoms with Crippen LogP contribution >= 0.6 is 11.6 Å². The number of nitrogen functional groups attached to an aromatic ring is 1. The number of aliphatic carboxylic acids is 1. The number of amides is 1. The van der Waals surface area contributed by atoms with Crippen LogP contribution in [0.1, 0.15) is 10.4 Å². The van der Waals surface area contributed by atoms with Crippen molar-refractivity contribution in [3.8, 4) is 0 Å². The van der Waals surface area contributed by atoms with Crippen molar-refractivity contribution in [2.24, 2.45) is 0 Å². The van der Waals surface area contributed by atoms with Crippen LogP contribution in [0.2, 0.25) is 5.02 Å². The lowest BCUT2D eigenvalue weighted by atomic mass is 10.2. The third kappa shape index (κ3) is 3.48. The molecule has 0 saturated carbocycles. The average Bonchev–Trinajstić information content (AvgIpc) is 2.74. The molecule has 0 unspecified atom stereocenters. The molecule has 0 radical (unpaired) electrons. The molecule has 1 aromatic carbocycles. The lowest BCUT2D eigenvalue weighted by Crippen LogP contribution is -2.12. The minimum Gasteiger partial charge on any atom is -0.480 e. The Morgan fingerprint density at radius 2 is 2.15 bits per heavy atom. The van der Waals surface area contributed by atoms with Crippen molar-refractivity contribution in [2.75, 3.05) is 11.1 Å². The number of nitrogens with two attached hydrogens (primary N) is 1. The minimum atomic E-state index is -1.02. The number of carboxylic acids is 1. The first-order valence-corrected chi connectivity index (χ1v) is 5.93. The van der Waals surface area contributed by atoms with Crippen LogP contribution in [0.3, 0.4) is 0 Å². The summed E-state index contributed by atoms with van der Waals surface area (Å²) >= 11 is 5.82. The topological polar surface area (TPSA) is 110 Å². The number of nitrogens with zero attached hydrogens (tertiary/aromatic N) is 2. The maximum atomic E-state index is 12.0. The van der Waals surface area contributed by atoms with E-state index in [-0.39, 0.29) is 6.54 Å². The number of carbonyl (C=O) groups excluding carboxylic acids is 1. The standard InChI is InChI=1S/C12H11ClN4O3/c13-8-1-7(2-9(14)3-8)12(20)16-10-4-15-17(5-10)6-11(18)19/h1-5H,6,14H2,(H,16,20)(H,18,19). The number of rotatable bonds is 4. The fourth-order valence-corrected chi connectivity index (χ4v) is 1.84. The van der Waals surface area contributed by atoms with Gasteiger partial charge in [0.05, 0.1) is 11.9 Å². The van der Waals surface area contributed by atoms with Gasteiger partial charge in [0.25, 0.3) is 5.91 Å². The van der Waals surface area contributed by atoms with E-state index in [9.17, 15) is 9.59 Å². The van der Waals surface area contributed by atoms with E-state index in [1.165, 1.54) is 35.3 Å². The van der Waals surface area contributed by atoms with Crippen molar-refractivity contribution in [1.82, 2.24) is 9.78 Å². The number of aromatic nitrogens is 2. The Hall–Kier alpha value is -2.54. The van der Waals surface area contributed by atoms with E-state index >= 15 is 0 Å². The van der Waals surface area contributed by atoms with Gasteiger partial charge >= 0.3 is 5.97 Å². The normalized spacial score (nSPS) is 10.2. The number of carbonyl (C=O) groups is 2. The maximum absolute atomic E-state index is 12.0. The molecule has 0 fully saturated rings. The van der Waals surface area contributed by atoms with Crippen molar-refractivity contribution < 1.29 is 14.7 Å². The zero-order chi connectivity index (χ0) is 14.7. The number of halogens is 1. The average molecular weight is 295 g/mol. The highest BCUT2D eigenvalue weighted by atomic mass is 35.5. The Bertz CT molecular complexity index is 648. The highest BCUT2D eigenvalue weighted by Crippen LogP contribution is 2.17. The first-order chi connectivity index (χ1) is 9.44. The number of hydrogen-bond donors (Lipinski definition) is 3. The van der Waals surface area contributed by atoms with Gasteiger partial charge < -0.3 is 16.2 Å². The van der Waals surface area contributed by atoms with Crippen LogP contribution in [-0.4, -0.2) is 26.8 Å². The SMILES string of the molecule is Nc1cc(Cl)cc(C(=O)Nc2cnn(CC(=O)O)c2)c1. The van der Waals surface area contributed by atoms with Crippen LogP contribution in [0.25, 0.3) is 0 Å². The van der Waals surface area contributed by atoms with Gasteiger partial charge in [-0.2, -0.15) is 5.10 Å². The van der Waals surface area contributed by atoms with Crippen molar-refractivity contribution in [3.05, 3.63) is 41.2 Å². The quantitative estimate of drug-likeness (QED) is 0.739.